The van der Waals surface area contributed by atoms with E-state index in [1.165, 1.54) is 0 Å². The van der Waals surface area contributed by atoms with Crippen molar-refractivity contribution in [3.8, 4) is 0 Å². The summed E-state index contributed by atoms with van der Waals surface area (Å²) >= 11 is 0. The number of likely N-dealkylation sites (tertiary alicyclic amines) is 1. The number of carbonyl (C=O) groups is 1. The second kappa shape index (κ2) is 7.07. The van der Waals surface area contributed by atoms with Gasteiger partial charge in [0.15, 0.2) is 0 Å². The van der Waals surface area contributed by atoms with Crippen LogP contribution < -0.4 is 5.73 Å². The number of aliphatic carboxylic acids is 1. The molecule has 1 aliphatic rings. The third-order valence-corrected chi connectivity index (χ3v) is 3.46. The zero-order valence-electron chi connectivity index (χ0n) is 11.5. The van der Waals surface area contributed by atoms with Gasteiger partial charge in [0.25, 0.3) is 0 Å². The summed E-state index contributed by atoms with van der Waals surface area (Å²) in [7, 11) is 0. The smallest absolute Gasteiger partial charge is 0.323 e. The molecule has 0 aliphatic carbocycles. The SMILES string of the molecule is CCCOC1CCCN(CCC(C)(N)C(=O)O)C1. The summed E-state index contributed by atoms with van der Waals surface area (Å²) in [6.07, 6.45) is 4.03. The van der Waals surface area contributed by atoms with Crippen LogP contribution in [0.3, 0.4) is 0 Å². The highest BCUT2D eigenvalue weighted by molar-refractivity contribution is 5.77. The van der Waals surface area contributed by atoms with Crippen molar-refractivity contribution in [3.63, 3.8) is 0 Å². The highest BCUT2D eigenvalue weighted by Gasteiger charge is 2.29. The molecular weight excluding hydrogens is 232 g/mol. The molecule has 1 saturated heterocycles. The van der Waals surface area contributed by atoms with E-state index in [0.717, 1.165) is 45.5 Å². The first kappa shape index (κ1) is 15.4. The number of nitrogens with zero attached hydrogens (tertiary/aromatic N) is 1. The summed E-state index contributed by atoms with van der Waals surface area (Å²) in [5.74, 6) is -0.932. The van der Waals surface area contributed by atoms with E-state index < -0.39 is 11.5 Å². The van der Waals surface area contributed by atoms with Crippen LogP contribution in [0.5, 0.6) is 0 Å². The fourth-order valence-electron chi connectivity index (χ4n) is 2.13. The summed E-state index contributed by atoms with van der Waals surface area (Å²) in [6, 6.07) is 0. The van der Waals surface area contributed by atoms with E-state index >= 15 is 0 Å². The second-order valence-electron chi connectivity index (χ2n) is 5.41. The number of ether oxygens (including phenoxy) is 1. The van der Waals surface area contributed by atoms with Gasteiger partial charge in [-0.2, -0.15) is 0 Å². The van der Waals surface area contributed by atoms with Crippen molar-refractivity contribution >= 4 is 5.97 Å². The Morgan fingerprint density at radius 1 is 1.61 bits per heavy atom. The molecule has 5 nitrogen and oxygen atoms in total. The highest BCUT2D eigenvalue weighted by Crippen LogP contribution is 2.15. The van der Waals surface area contributed by atoms with E-state index in [4.69, 9.17) is 15.6 Å². The van der Waals surface area contributed by atoms with Gasteiger partial charge in [-0.1, -0.05) is 6.92 Å². The van der Waals surface area contributed by atoms with Gasteiger partial charge in [0.1, 0.15) is 5.54 Å². The number of rotatable bonds is 7. The molecule has 1 heterocycles. The second-order valence-corrected chi connectivity index (χ2v) is 5.41. The number of carboxylic acid groups (broad SMARTS) is 1. The Labute approximate surface area is 109 Å². The summed E-state index contributed by atoms with van der Waals surface area (Å²) in [6.45, 7) is 7.13. The van der Waals surface area contributed by atoms with Crippen LogP contribution in [0.25, 0.3) is 0 Å². The van der Waals surface area contributed by atoms with E-state index in [2.05, 4.69) is 11.8 Å². The van der Waals surface area contributed by atoms with Crippen molar-refractivity contribution in [2.75, 3.05) is 26.2 Å². The molecule has 0 aromatic carbocycles. The van der Waals surface area contributed by atoms with Gasteiger partial charge in [-0.15, -0.1) is 0 Å². The van der Waals surface area contributed by atoms with Gasteiger partial charge >= 0.3 is 5.97 Å². The monoisotopic (exact) mass is 258 g/mol. The average molecular weight is 258 g/mol. The van der Waals surface area contributed by atoms with Crippen molar-refractivity contribution in [3.05, 3.63) is 0 Å². The lowest BCUT2D eigenvalue weighted by Crippen LogP contribution is -2.49. The van der Waals surface area contributed by atoms with E-state index in [1.807, 2.05) is 0 Å². The minimum atomic E-state index is -1.13. The largest absolute Gasteiger partial charge is 0.480 e. The van der Waals surface area contributed by atoms with Crippen LogP contribution in [0.15, 0.2) is 0 Å². The molecule has 0 spiro atoms. The summed E-state index contributed by atoms with van der Waals surface area (Å²) < 4.78 is 5.75. The van der Waals surface area contributed by atoms with Crippen molar-refractivity contribution in [2.24, 2.45) is 5.73 Å². The van der Waals surface area contributed by atoms with Gasteiger partial charge in [-0.3, -0.25) is 4.79 Å². The lowest BCUT2D eigenvalue weighted by molar-refractivity contribution is -0.143. The number of hydrogen-bond donors (Lipinski definition) is 2. The standard InChI is InChI=1S/C13H26N2O3/c1-3-9-18-11-5-4-7-15(10-11)8-6-13(2,14)12(16)17/h11H,3-10,14H2,1-2H3,(H,16,17). The quantitative estimate of drug-likeness (QED) is 0.714. The summed E-state index contributed by atoms with van der Waals surface area (Å²) in [4.78, 5) is 13.2. The normalized spacial score (nSPS) is 24.7. The van der Waals surface area contributed by atoms with Crippen LogP contribution in [-0.2, 0) is 9.53 Å². The minimum absolute atomic E-state index is 0.299. The first-order valence-electron chi connectivity index (χ1n) is 6.82. The molecule has 0 amide bonds. The Balaban J connectivity index is 2.32. The molecule has 3 N–H and O–H groups in total. The Bertz CT molecular complexity index is 269. The molecule has 0 aromatic heterocycles. The highest BCUT2D eigenvalue weighted by atomic mass is 16.5. The van der Waals surface area contributed by atoms with Crippen LogP contribution in [0, 0.1) is 0 Å². The molecule has 5 heteroatoms. The molecule has 1 rings (SSSR count). The molecule has 1 fully saturated rings. The Morgan fingerprint density at radius 2 is 2.33 bits per heavy atom. The number of carboxylic acids is 1. The van der Waals surface area contributed by atoms with Gasteiger partial charge < -0.3 is 20.5 Å². The van der Waals surface area contributed by atoms with E-state index in [-0.39, 0.29) is 0 Å². The Morgan fingerprint density at radius 3 is 2.94 bits per heavy atom. The van der Waals surface area contributed by atoms with Gasteiger partial charge in [0.05, 0.1) is 6.10 Å². The predicted molar refractivity (Wildman–Crippen MR) is 70.6 cm³/mol. The Kier molecular flexibility index (Phi) is 6.05. The maximum Gasteiger partial charge on any atom is 0.323 e. The first-order chi connectivity index (χ1) is 8.45. The molecule has 0 bridgehead atoms. The van der Waals surface area contributed by atoms with Crippen molar-refractivity contribution in [1.29, 1.82) is 0 Å². The maximum absolute atomic E-state index is 10.9. The minimum Gasteiger partial charge on any atom is -0.480 e. The maximum atomic E-state index is 10.9. The first-order valence-corrected chi connectivity index (χ1v) is 6.82. The van der Waals surface area contributed by atoms with Gasteiger partial charge in [0.2, 0.25) is 0 Å². The predicted octanol–water partition coefficient (Wildman–Crippen LogP) is 1.07. The Hall–Kier alpha value is -0.650. The summed E-state index contributed by atoms with van der Waals surface area (Å²) in [5.41, 5.74) is 4.61. The van der Waals surface area contributed by atoms with Crippen LogP contribution in [-0.4, -0.2) is 53.9 Å². The zero-order valence-corrected chi connectivity index (χ0v) is 11.5. The van der Waals surface area contributed by atoms with Gasteiger partial charge in [-0.25, -0.2) is 0 Å². The third kappa shape index (κ3) is 4.92. The lowest BCUT2D eigenvalue weighted by Gasteiger charge is -2.34. The van der Waals surface area contributed by atoms with E-state index in [1.54, 1.807) is 6.92 Å². The topological polar surface area (TPSA) is 75.8 Å². The molecule has 0 saturated carbocycles. The van der Waals surface area contributed by atoms with Crippen LogP contribution in [0.1, 0.15) is 39.5 Å². The van der Waals surface area contributed by atoms with E-state index in [0.29, 0.717) is 12.5 Å². The van der Waals surface area contributed by atoms with E-state index in [9.17, 15) is 4.79 Å². The fraction of sp³-hybridized carbons (Fsp3) is 0.923. The zero-order chi connectivity index (χ0) is 13.6. The fourth-order valence-corrected chi connectivity index (χ4v) is 2.13. The molecular formula is C13H26N2O3. The van der Waals surface area contributed by atoms with Crippen molar-refractivity contribution in [2.45, 2.75) is 51.2 Å². The molecule has 1 aliphatic heterocycles. The number of piperidine rings is 1. The van der Waals surface area contributed by atoms with Crippen molar-refractivity contribution < 1.29 is 14.6 Å². The molecule has 18 heavy (non-hydrogen) atoms. The van der Waals surface area contributed by atoms with Crippen LogP contribution in [0.2, 0.25) is 0 Å². The average Bonchev–Trinajstić information content (AvgIpc) is 2.34. The molecule has 2 atom stereocenters. The van der Waals surface area contributed by atoms with Crippen LogP contribution in [0.4, 0.5) is 0 Å². The van der Waals surface area contributed by atoms with Crippen LogP contribution >= 0.6 is 0 Å². The summed E-state index contributed by atoms with van der Waals surface area (Å²) in [5, 5.41) is 8.97. The number of hydrogen-bond acceptors (Lipinski definition) is 4. The number of nitrogens with two attached hydrogens (primary N) is 1. The molecule has 106 valence electrons. The third-order valence-electron chi connectivity index (χ3n) is 3.46. The molecule has 0 radical (unpaired) electrons. The van der Waals surface area contributed by atoms with Gasteiger partial charge in [0, 0.05) is 19.7 Å². The lowest BCUT2D eigenvalue weighted by atomic mass is 9.98. The molecule has 0 aromatic rings. The van der Waals surface area contributed by atoms with Gasteiger partial charge in [-0.05, 0) is 39.2 Å². The van der Waals surface area contributed by atoms with Crippen molar-refractivity contribution in [1.82, 2.24) is 4.90 Å². The molecule has 2 unspecified atom stereocenters.